The Morgan fingerprint density at radius 1 is 0.944 bits per heavy atom. The molecule has 0 aromatic heterocycles. The second-order valence-corrected chi connectivity index (χ2v) is 11.4. The number of amides is 1. The van der Waals surface area contributed by atoms with E-state index in [2.05, 4.69) is 36.5 Å². The molecule has 210 valence electrons. The highest BCUT2D eigenvalue weighted by atomic mass is 31.2. The van der Waals surface area contributed by atoms with E-state index in [1.165, 1.54) is 19.3 Å². The summed E-state index contributed by atoms with van der Waals surface area (Å²) in [5.41, 5.74) is 0. The van der Waals surface area contributed by atoms with Gasteiger partial charge in [0.05, 0.1) is 39.9 Å². The van der Waals surface area contributed by atoms with E-state index >= 15 is 0 Å². The van der Waals surface area contributed by atoms with E-state index in [-0.39, 0.29) is 18.9 Å². The molecule has 0 heterocycles. The first-order chi connectivity index (χ1) is 17.0. The number of carbonyl (C=O) groups excluding carboxylic acids is 1. The molecule has 1 amide bonds. The number of hydrogen-bond donors (Lipinski definition) is 2. The number of allylic oxidation sites excluding steroid dienone is 5. The standard InChI is InChI=1S/C27H51N2O6P/c1-6-8-9-10-11-12-13-14-15-16-17-18-19-21-26(30)25(28-27(31)20-7-2)24-35-36(32,33)34-23-22-29(3,4)5/h11-12,15-16,19,21,25-26,30H,6-10,13-14,17-18,20,22-24H2,1-5H3,(H-,28,31,32,33)/b12-11+,16-15+,21-19+. The number of carbonyl (C=O) groups is 1. The maximum atomic E-state index is 12.1. The quantitative estimate of drug-likeness (QED) is 0.0913. The largest absolute Gasteiger partial charge is 0.756 e. The number of phosphoric acid groups is 1. The topological polar surface area (TPSA) is 108 Å². The molecule has 3 unspecified atom stereocenters. The van der Waals surface area contributed by atoms with Crippen molar-refractivity contribution >= 4 is 13.7 Å². The van der Waals surface area contributed by atoms with Crippen molar-refractivity contribution in [2.45, 2.75) is 90.2 Å². The maximum Gasteiger partial charge on any atom is 0.268 e. The molecule has 3 atom stereocenters. The van der Waals surface area contributed by atoms with E-state index in [0.717, 1.165) is 32.1 Å². The number of aliphatic hydroxyl groups excluding tert-OH is 1. The van der Waals surface area contributed by atoms with Crippen molar-refractivity contribution < 1.29 is 32.9 Å². The average molecular weight is 531 g/mol. The number of aliphatic hydroxyl groups is 1. The van der Waals surface area contributed by atoms with E-state index in [0.29, 0.717) is 17.4 Å². The van der Waals surface area contributed by atoms with Gasteiger partial charge in [-0.3, -0.25) is 9.36 Å². The predicted octanol–water partition coefficient (Wildman–Crippen LogP) is 4.65. The molecule has 2 N–H and O–H groups in total. The van der Waals surface area contributed by atoms with Gasteiger partial charge < -0.3 is 28.8 Å². The van der Waals surface area contributed by atoms with E-state index in [1.54, 1.807) is 6.08 Å². The van der Waals surface area contributed by atoms with Crippen molar-refractivity contribution in [2.75, 3.05) is 40.9 Å². The molecule has 8 nitrogen and oxygen atoms in total. The molecule has 0 aliphatic carbocycles. The van der Waals surface area contributed by atoms with Crippen molar-refractivity contribution in [1.82, 2.24) is 5.32 Å². The Hall–Kier alpha value is -1.28. The minimum Gasteiger partial charge on any atom is -0.756 e. The lowest BCUT2D eigenvalue weighted by atomic mass is 10.1. The highest BCUT2D eigenvalue weighted by molar-refractivity contribution is 7.45. The summed E-state index contributed by atoms with van der Waals surface area (Å²) in [4.78, 5) is 24.2. The van der Waals surface area contributed by atoms with Crippen molar-refractivity contribution in [3.63, 3.8) is 0 Å². The second-order valence-electron chi connectivity index (χ2n) is 10.0. The molecular weight excluding hydrogens is 479 g/mol. The normalized spacial score (nSPS) is 16.1. The van der Waals surface area contributed by atoms with Crippen LogP contribution in [-0.4, -0.2) is 68.5 Å². The molecule has 0 aromatic carbocycles. The van der Waals surface area contributed by atoms with Gasteiger partial charge in [0.25, 0.3) is 7.82 Å². The van der Waals surface area contributed by atoms with Crippen LogP contribution in [0.15, 0.2) is 36.5 Å². The average Bonchev–Trinajstić information content (AvgIpc) is 2.78. The number of nitrogens with zero attached hydrogens (tertiary/aromatic N) is 1. The van der Waals surface area contributed by atoms with Gasteiger partial charge in [0.1, 0.15) is 13.2 Å². The van der Waals surface area contributed by atoms with Gasteiger partial charge in [0.2, 0.25) is 5.91 Å². The highest BCUT2D eigenvalue weighted by Gasteiger charge is 2.22. The smallest absolute Gasteiger partial charge is 0.268 e. The van der Waals surface area contributed by atoms with E-state index < -0.39 is 26.6 Å². The number of phosphoric ester groups is 1. The molecule has 0 aliphatic heterocycles. The second kappa shape index (κ2) is 20.7. The molecule has 0 aliphatic rings. The van der Waals surface area contributed by atoms with Crippen LogP contribution in [-0.2, 0) is 18.4 Å². The maximum absolute atomic E-state index is 12.1. The number of likely N-dealkylation sites (N-methyl/N-ethyl adjacent to an activating group) is 1. The summed E-state index contributed by atoms with van der Waals surface area (Å²) in [6.07, 6.45) is 20.6. The van der Waals surface area contributed by atoms with Crippen molar-refractivity contribution in [2.24, 2.45) is 0 Å². The van der Waals surface area contributed by atoms with Gasteiger partial charge >= 0.3 is 0 Å². The third kappa shape index (κ3) is 22.0. The van der Waals surface area contributed by atoms with Crippen LogP contribution < -0.4 is 10.2 Å². The number of nitrogens with one attached hydrogen (secondary N) is 1. The van der Waals surface area contributed by atoms with E-state index in [1.807, 2.05) is 34.1 Å². The lowest BCUT2D eigenvalue weighted by Crippen LogP contribution is -2.45. The molecule has 0 aromatic rings. The first kappa shape index (κ1) is 34.7. The fourth-order valence-electron chi connectivity index (χ4n) is 3.11. The molecule has 9 heteroatoms. The van der Waals surface area contributed by atoms with Gasteiger partial charge in [-0.15, -0.1) is 0 Å². The number of hydrogen-bond acceptors (Lipinski definition) is 6. The van der Waals surface area contributed by atoms with Crippen LogP contribution in [0.25, 0.3) is 0 Å². The van der Waals surface area contributed by atoms with Crippen LogP contribution in [0.2, 0.25) is 0 Å². The summed E-state index contributed by atoms with van der Waals surface area (Å²) in [5, 5.41) is 13.2. The molecule has 0 rings (SSSR count). The Balaban J connectivity index is 4.54. The van der Waals surface area contributed by atoms with Crippen LogP contribution >= 0.6 is 7.82 Å². The molecule has 0 bridgehead atoms. The summed E-state index contributed by atoms with van der Waals surface area (Å²) in [7, 11) is 1.22. The van der Waals surface area contributed by atoms with Gasteiger partial charge in [-0.25, -0.2) is 0 Å². The molecule has 36 heavy (non-hydrogen) atoms. The summed E-state index contributed by atoms with van der Waals surface area (Å²) < 4.78 is 22.5. The van der Waals surface area contributed by atoms with Gasteiger partial charge in [-0.1, -0.05) is 63.1 Å². The first-order valence-corrected chi connectivity index (χ1v) is 14.8. The van der Waals surface area contributed by atoms with Crippen molar-refractivity contribution in [1.29, 1.82) is 0 Å². The molecule has 0 fully saturated rings. The molecule has 0 radical (unpaired) electrons. The minimum absolute atomic E-state index is 0.0115. The Morgan fingerprint density at radius 3 is 2.08 bits per heavy atom. The summed E-state index contributed by atoms with van der Waals surface area (Å²) in [6.45, 7) is 4.15. The fourth-order valence-corrected chi connectivity index (χ4v) is 3.83. The third-order valence-corrected chi connectivity index (χ3v) is 6.26. The Kier molecular flexibility index (Phi) is 20.0. The zero-order valence-corrected chi connectivity index (χ0v) is 24.1. The Bertz CT molecular complexity index is 703. The number of quaternary nitrogens is 1. The predicted molar refractivity (Wildman–Crippen MR) is 145 cm³/mol. The van der Waals surface area contributed by atoms with E-state index in [4.69, 9.17) is 9.05 Å². The minimum atomic E-state index is -4.55. The summed E-state index contributed by atoms with van der Waals surface area (Å²) in [6, 6.07) is -0.899. The van der Waals surface area contributed by atoms with Gasteiger partial charge in [0.15, 0.2) is 0 Å². The van der Waals surface area contributed by atoms with Crippen molar-refractivity contribution in [3.05, 3.63) is 36.5 Å². The lowest BCUT2D eigenvalue weighted by Gasteiger charge is -2.29. The van der Waals surface area contributed by atoms with Gasteiger partial charge in [-0.05, 0) is 44.9 Å². The van der Waals surface area contributed by atoms with Crippen LogP contribution in [0.1, 0.15) is 78.1 Å². The Labute approximate surface area is 219 Å². The lowest BCUT2D eigenvalue weighted by molar-refractivity contribution is -0.870. The van der Waals surface area contributed by atoms with Gasteiger partial charge in [-0.2, -0.15) is 0 Å². The van der Waals surface area contributed by atoms with Crippen molar-refractivity contribution in [3.8, 4) is 0 Å². The van der Waals surface area contributed by atoms with Crippen LogP contribution in [0.4, 0.5) is 0 Å². The summed E-state index contributed by atoms with van der Waals surface area (Å²) in [5.74, 6) is -0.271. The Morgan fingerprint density at radius 2 is 1.53 bits per heavy atom. The molecule has 0 spiro atoms. The number of rotatable bonds is 22. The summed E-state index contributed by atoms with van der Waals surface area (Å²) >= 11 is 0. The first-order valence-electron chi connectivity index (χ1n) is 13.4. The monoisotopic (exact) mass is 530 g/mol. The zero-order chi connectivity index (χ0) is 27.3. The fraction of sp³-hybridized carbons (Fsp3) is 0.741. The van der Waals surface area contributed by atoms with Gasteiger partial charge in [0, 0.05) is 6.42 Å². The third-order valence-electron chi connectivity index (χ3n) is 5.30. The van der Waals surface area contributed by atoms with Crippen LogP contribution in [0.3, 0.4) is 0 Å². The number of unbranched alkanes of at least 4 members (excludes halogenated alkanes) is 5. The van der Waals surface area contributed by atoms with Crippen LogP contribution in [0.5, 0.6) is 0 Å². The highest BCUT2D eigenvalue weighted by Crippen LogP contribution is 2.38. The molecule has 0 saturated carbocycles. The zero-order valence-electron chi connectivity index (χ0n) is 23.2. The van der Waals surface area contributed by atoms with Crippen LogP contribution in [0, 0.1) is 0 Å². The van der Waals surface area contributed by atoms with E-state index in [9.17, 15) is 19.4 Å². The molecular formula is C27H51N2O6P. The SMILES string of the molecule is CCCCC/C=C/CC/C=C/CC/C=C/C(O)C(COP(=O)([O-])OCC[N+](C)(C)C)NC(=O)CCC. The molecule has 0 saturated heterocycles.